The highest BCUT2D eigenvalue weighted by molar-refractivity contribution is 8.93. The summed E-state index contributed by atoms with van der Waals surface area (Å²) in [5.41, 5.74) is 0.647. The first-order chi connectivity index (χ1) is 6.52. The van der Waals surface area contributed by atoms with E-state index in [9.17, 15) is 9.18 Å². The maximum atomic E-state index is 12.6. The van der Waals surface area contributed by atoms with Crippen LogP contribution in [0.15, 0.2) is 24.3 Å². The van der Waals surface area contributed by atoms with Gasteiger partial charge in [-0.15, -0.1) is 17.0 Å². The molecule has 2 nitrogen and oxygen atoms in total. The Bertz CT molecular complexity index is 322. The third-order valence-corrected chi connectivity index (χ3v) is 2.16. The molecule has 0 radical (unpaired) electrons. The van der Waals surface area contributed by atoms with E-state index in [1.165, 1.54) is 24.3 Å². The number of carboxylic acids is 1. The maximum absolute atomic E-state index is 12.6. The topological polar surface area (TPSA) is 37.3 Å². The summed E-state index contributed by atoms with van der Waals surface area (Å²) >= 11 is 0. The van der Waals surface area contributed by atoms with Gasteiger partial charge in [0.15, 0.2) is 0 Å². The molecule has 1 N–H and O–H groups in total. The molecule has 0 amide bonds. The van der Waals surface area contributed by atoms with Crippen LogP contribution >= 0.6 is 17.0 Å². The Morgan fingerprint density at radius 3 is 2.07 bits per heavy atom. The lowest BCUT2D eigenvalue weighted by atomic mass is 9.89. The quantitative estimate of drug-likeness (QED) is 0.921. The van der Waals surface area contributed by atoms with Gasteiger partial charge in [0.2, 0.25) is 0 Å². The number of hydrogen-bond acceptors (Lipinski definition) is 1. The maximum Gasteiger partial charge on any atom is 0.311 e. The minimum absolute atomic E-state index is 0. The molecule has 0 bridgehead atoms. The molecule has 1 rings (SSSR count). The Balaban J connectivity index is 0.00000196. The second kappa shape index (κ2) is 5.85. The lowest BCUT2D eigenvalue weighted by Gasteiger charge is -2.16. The molecule has 0 spiro atoms. The summed E-state index contributed by atoms with van der Waals surface area (Å²) in [5.74, 6) is -1.78. The van der Waals surface area contributed by atoms with Crippen molar-refractivity contribution in [3.8, 4) is 0 Å². The molecule has 1 atom stereocenters. The van der Waals surface area contributed by atoms with E-state index < -0.39 is 11.9 Å². The van der Waals surface area contributed by atoms with Gasteiger partial charge in [-0.3, -0.25) is 4.79 Å². The van der Waals surface area contributed by atoms with Crippen molar-refractivity contribution < 1.29 is 14.3 Å². The van der Waals surface area contributed by atoms with Crippen LogP contribution in [0.4, 0.5) is 4.39 Å². The lowest BCUT2D eigenvalue weighted by Crippen LogP contribution is -2.17. The summed E-state index contributed by atoms with van der Waals surface area (Å²) < 4.78 is 12.6. The van der Waals surface area contributed by atoms with Crippen LogP contribution in [-0.2, 0) is 4.79 Å². The predicted molar refractivity (Wildman–Crippen MR) is 61.9 cm³/mol. The van der Waals surface area contributed by atoms with E-state index in [1.807, 2.05) is 13.8 Å². The molecule has 1 unspecified atom stereocenters. The summed E-state index contributed by atoms with van der Waals surface area (Å²) in [7, 11) is 0. The SMILES string of the molecule is Br.CC(C)C(C(=O)O)c1ccc(F)cc1. The number of aliphatic carboxylic acids is 1. The number of halogens is 2. The van der Waals surface area contributed by atoms with Gasteiger partial charge in [-0.1, -0.05) is 26.0 Å². The molecule has 0 heterocycles. The third kappa shape index (κ3) is 3.63. The molecule has 0 saturated heterocycles. The van der Waals surface area contributed by atoms with Gasteiger partial charge < -0.3 is 5.11 Å². The third-order valence-electron chi connectivity index (χ3n) is 2.16. The van der Waals surface area contributed by atoms with Crippen molar-refractivity contribution in [2.24, 2.45) is 5.92 Å². The zero-order chi connectivity index (χ0) is 10.7. The summed E-state index contributed by atoms with van der Waals surface area (Å²) in [4.78, 5) is 10.9. The van der Waals surface area contributed by atoms with Gasteiger partial charge >= 0.3 is 5.97 Å². The van der Waals surface area contributed by atoms with Crippen molar-refractivity contribution in [3.63, 3.8) is 0 Å². The minimum Gasteiger partial charge on any atom is -0.481 e. The fourth-order valence-corrected chi connectivity index (χ4v) is 1.48. The van der Waals surface area contributed by atoms with Gasteiger partial charge in [0.1, 0.15) is 5.82 Å². The number of hydrogen-bond donors (Lipinski definition) is 1. The van der Waals surface area contributed by atoms with E-state index in [2.05, 4.69) is 0 Å². The van der Waals surface area contributed by atoms with E-state index in [1.54, 1.807) is 0 Å². The molecule has 0 fully saturated rings. The van der Waals surface area contributed by atoms with Crippen LogP contribution in [0.1, 0.15) is 25.3 Å². The van der Waals surface area contributed by atoms with Crippen LogP contribution in [0.25, 0.3) is 0 Å². The van der Waals surface area contributed by atoms with Gasteiger partial charge in [0.05, 0.1) is 5.92 Å². The smallest absolute Gasteiger partial charge is 0.311 e. The van der Waals surface area contributed by atoms with Crippen molar-refractivity contribution in [3.05, 3.63) is 35.6 Å². The first-order valence-electron chi connectivity index (χ1n) is 4.50. The normalized spacial score (nSPS) is 12.0. The molecule has 0 aliphatic heterocycles. The predicted octanol–water partition coefficient (Wildman–Crippen LogP) is 3.23. The zero-order valence-electron chi connectivity index (χ0n) is 8.61. The van der Waals surface area contributed by atoms with Gasteiger partial charge in [-0.2, -0.15) is 0 Å². The molecule has 0 aliphatic carbocycles. The van der Waals surface area contributed by atoms with Crippen LogP contribution in [-0.4, -0.2) is 11.1 Å². The average molecular weight is 277 g/mol. The van der Waals surface area contributed by atoms with E-state index in [0.717, 1.165) is 0 Å². The molecule has 4 heteroatoms. The van der Waals surface area contributed by atoms with Crippen molar-refractivity contribution in [1.29, 1.82) is 0 Å². The fraction of sp³-hybridized carbons (Fsp3) is 0.364. The highest BCUT2D eigenvalue weighted by atomic mass is 79.9. The average Bonchev–Trinajstić information content (AvgIpc) is 2.07. The van der Waals surface area contributed by atoms with E-state index >= 15 is 0 Å². The summed E-state index contributed by atoms with van der Waals surface area (Å²) in [6.45, 7) is 3.67. The molecule has 1 aromatic carbocycles. The molecule has 0 aliphatic rings. The molecule has 84 valence electrons. The standard InChI is InChI=1S/C11H13FO2.BrH/c1-7(2)10(11(13)14)8-3-5-9(12)6-4-8;/h3-7,10H,1-2H3,(H,13,14);1H. The van der Waals surface area contributed by atoms with E-state index in [-0.39, 0.29) is 28.7 Å². The molecular weight excluding hydrogens is 263 g/mol. The molecule has 0 aromatic heterocycles. The number of rotatable bonds is 3. The van der Waals surface area contributed by atoms with Crippen molar-refractivity contribution in [1.82, 2.24) is 0 Å². The molecular formula is C11H14BrFO2. The first-order valence-corrected chi connectivity index (χ1v) is 4.50. The van der Waals surface area contributed by atoms with Gasteiger partial charge in [0.25, 0.3) is 0 Å². The van der Waals surface area contributed by atoms with Crippen LogP contribution in [0.3, 0.4) is 0 Å². The Hall–Kier alpha value is -0.900. The highest BCUT2D eigenvalue weighted by Gasteiger charge is 2.23. The Labute approximate surface area is 98.9 Å². The monoisotopic (exact) mass is 276 g/mol. The molecule has 15 heavy (non-hydrogen) atoms. The number of carboxylic acid groups (broad SMARTS) is 1. The fourth-order valence-electron chi connectivity index (χ4n) is 1.48. The Morgan fingerprint density at radius 2 is 1.73 bits per heavy atom. The summed E-state index contributed by atoms with van der Waals surface area (Å²) in [5, 5.41) is 8.97. The van der Waals surface area contributed by atoms with Crippen molar-refractivity contribution >= 4 is 23.0 Å². The van der Waals surface area contributed by atoms with Gasteiger partial charge in [-0.25, -0.2) is 4.39 Å². The van der Waals surface area contributed by atoms with E-state index in [4.69, 9.17) is 5.11 Å². The van der Waals surface area contributed by atoms with Crippen LogP contribution in [0.5, 0.6) is 0 Å². The number of benzene rings is 1. The van der Waals surface area contributed by atoms with Gasteiger partial charge in [0, 0.05) is 0 Å². The van der Waals surface area contributed by atoms with E-state index in [0.29, 0.717) is 5.56 Å². The minimum atomic E-state index is -0.869. The largest absolute Gasteiger partial charge is 0.481 e. The second-order valence-corrected chi connectivity index (χ2v) is 3.61. The highest BCUT2D eigenvalue weighted by Crippen LogP contribution is 2.24. The summed E-state index contributed by atoms with van der Waals surface area (Å²) in [6, 6.07) is 5.61. The Morgan fingerprint density at radius 1 is 1.27 bits per heavy atom. The first kappa shape index (κ1) is 14.1. The Kier molecular flexibility index (Phi) is 5.50. The zero-order valence-corrected chi connectivity index (χ0v) is 10.3. The van der Waals surface area contributed by atoms with Crippen LogP contribution < -0.4 is 0 Å². The van der Waals surface area contributed by atoms with Crippen LogP contribution in [0, 0.1) is 11.7 Å². The molecule has 0 saturated carbocycles. The van der Waals surface area contributed by atoms with Crippen molar-refractivity contribution in [2.75, 3.05) is 0 Å². The number of carbonyl (C=O) groups is 1. The molecule has 1 aromatic rings. The van der Waals surface area contributed by atoms with Crippen molar-refractivity contribution in [2.45, 2.75) is 19.8 Å². The van der Waals surface area contributed by atoms with Gasteiger partial charge in [-0.05, 0) is 23.6 Å². The summed E-state index contributed by atoms with van der Waals surface area (Å²) in [6.07, 6.45) is 0. The lowest BCUT2D eigenvalue weighted by molar-refractivity contribution is -0.139. The van der Waals surface area contributed by atoms with Crippen LogP contribution in [0.2, 0.25) is 0 Å². The second-order valence-electron chi connectivity index (χ2n) is 3.61.